The lowest BCUT2D eigenvalue weighted by Crippen LogP contribution is -2.34. The van der Waals surface area contributed by atoms with Crippen molar-refractivity contribution in [2.45, 2.75) is 25.4 Å². The molecular weight excluding hydrogens is 244 g/mol. The first-order chi connectivity index (χ1) is 9.36. The summed E-state index contributed by atoms with van der Waals surface area (Å²) in [5.74, 6) is 0. The molecule has 1 aliphatic heterocycles. The van der Waals surface area contributed by atoms with Gasteiger partial charge in [0.1, 0.15) is 0 Å². The van der Waals surface area contributed by atoms with Crippen molar-refractivity contribution in [3.8, 4) is 0 Å². The fraction of sp³-hybridized carbons (Fsp3) is 1.00. The first-order valence-corrected chi connectivity index (χ1v) is 7.39. The highest BCUT2D eigenvalue weighted by atomic mass is 16.5. The fourth-order valence-electron chi connectivity index (χ4n) is 2.28. The first-order valence-electron chi connectivity index (χ1n) is 7.39. The third-order valence-electron chi connectivity index (χ3n) is 3.48. The summed E-state index contributed by atoms with van der Waals surface area (Å²) in [7, 11) is 3.49. The van der Waals surface area contributed by atoms with Crippen LogP contribution in [0.15, 0.2) is 0 Å². The molecule has 0 atom stereocenters. The molecule has 0 aromatic heterocycles. The second-order valence-electron chi connectivity index (χ2n) is 5.00. The Morgan fingerprint density at radius 1 is 0.947 bits per heavy atom. The molecule has 1 aliphatic rings. The van der Waals surface area contributed by atoms with Gasteiger partial charge in [0.05, 0.1) is 19.3 Å². The van der Waals surface area contributed by atoms with E-state index >= 15 is 0 Å². The van der Waals surface area contributed by atoms with Gasteiger partial charge < -0.3 is 19.5 Å². The average Bonchev–Trinajstić information content (AvgIpc) is 2.46. The molecule has 1 fully saturated rings. The standard InChI is InChI=1S/C14H30N2O3/c1-17-12-9-16(10-13-18-2)8-3-11-19-14-4-6-15-7-5-14/h14-15H,3-13H2,1-2H3. The van der Waals surface area contributed by atoms with Crippen LogP contribution in [-0.2, 0) is 14.2 Å². The largest absolute Gasteiger partial charge is 0.383 e. The van der Waals surface area contributed by atoms with Crippen LogP contribution in [0.3, 0.4) is 0 Å². The van der Waals surface area contributed by atoms with E-state index in [9.17, 15) is 0 Å². The molecule has 0 amide bonds. The molecule has 0 aromatic carbocycles. The van der Waals surface area contributed by atoms with Crippen molar-refractivity contribution in [2.24, 2.45) is 0 Å². The summed E-state index contributed by atoms with van der Waals surface area (Å²) >= 11 is 0. The zero-order valence-electron chi connectivity index (χ0n) is 12.5. The molecule has 5 nitrogen and oxygen atoms in total. The van der Waals surface area contributed by atoms with E-state index in [4.69, 9.17) is 14.2 Å². The smallest absolute Gasteiger partial charge is 0.0599 e. The Hall–Kier alpha value is -0.200. The van der Waals surface area contributed by atoms with Gasteiger partial charge in [-0.3, -0.25) is 4.90 Å². The van der Waals surface area contributed by atoms with Crippen molar-refractivity contribution in [3.05, 3.63) is 0 Å². The Bertz CT molecular complexity index is 191. The quantitative estimate of drug-likeness (QED) is 0.563. The molecule has 0 aliphatic carbocycles. The average molecular weight is 274 g/mol. The Morgan fingerprint density at radius 2 is 1.58 bits per heavy atom. The molecule has 0 bridgehead atoms. The van der Waals surface area contributed by atoms with Gasteiger partial charge in [-0.05, 0) is 32.4 Å². The SMILES string of the molecule is COCCN(CCCOC1CCNCC1)CCOC. The molecule has 5 heteroatoms. The first kappa shape index (κ1) is 16.9. The predicted molar refractivity (Wildman–Crippen MR) is 76.7 cm³/mol. The van der Waals surface area contributed by atoms with Crippen LogP contribution in [0.5, 0.6) is 0 Å². The van der Waals surface area contributed by atoms with Crippen LogP contribution < -0.4 is 5.32 Å². The van der Waals surface area contributed by atoms with Crippen molar-refractivity contribution < 1.29 is 14.2 Å². The molecule has 0 unspecified atom stereocenters. The predicted octanol–water partition coefficient (Wildman–Crippen LogP) is 0.740. The number of piperidine rings is 1. The van der Waals surface area contributed by atoms with Gasteiger partial charge in [0.2, 0.25) is 0 Å². The molecule has 0 radical (unpaired) electrons. The monoisotopic (exact) mass is 274 g/mol. The number of hydrogen-bond acceptors (Lipinski definition) is 5. The maximum atomic E-state index is 5.91. The number of methoxy groups -OCH3 is 2. The summed E-state index contributed by atoms with van der Waals surface area (Å²) in [5, 5.41) is 3.35. The summed E-state index contributed by atoms with van der Waals surface area (Å²) < 4.78 is 16.2. The zero-order chi connectivity index (χ0) is 13.8. The van der Waals surface area contributed by atoms with Gasteiger partial charge in [0.25, 0.3) is 0 Å². The third-order valence-corrected chi connectivity index (χ3v) is 3.48. The van der Waals surface area contributed by atoms with Crippen molar-refractivity contribution in [3.63, 3.8) is 0 Å². The third kappa shape index (κ3) is 8.55. The minimum Gasteiger partial charge on any atom is -0.383 e. The summed E-state index contributed by atoms with van der Waals surface area (Å²) in [6.45, 7) is 7.59. The molecule has 114 valence electrons. The Balaban J connectivity index is 2.04. The van der Waals surface area contributed by atoms with Crippen LogP contribution in [0, 0.1) is 0 Å². The van der Waals surface area contributed by atoms with E-state index in [-0.39, 0.29) is 0 Å². The lowest BCUT2D eigenvalue weighted by Gasteiger charge is -2.24. The molecule has 1 N–H and O–H groups in total. The highest BCUT2D eigenvalue weighted by Gasteiger charge is 2.13. The van der Waals surface area contributed by atoms with Gasteiger partial charge in [-0.15, -0.1) is 0 Å². The van der Waals surface area contributed by atoms with Crippen molar-refractivity contribution >= 4 is 0 Å². The molecule has 0 spiro atoms. The molecule has 19 heavy (non-hydrogen) atoms. The highest BCUT2D eigenvalue weighted by Crippen LogP contribution is 2.07. The van der Waals surface area contributed by atoms with Gasteiger partial charge in [0.15, 0.2) is 0 Å². The van der Waals surface area contributed by atoms with E-state index in [2.05, 4.69) is 10.2 Å². The van der Waals surface area contributed by atoms with E-state index in [1.165, 1.54) is 0 Å². The fourth-order valence-corrected chi connectivity index (χ4v) is 2.28. The van der Waals surface area contributed by atoms with E-state index < -0.39 is 0 Å². The molecule has 1 heterocycles. The molecule has 1 saturated heterocycles. The van der Waals surface area contributed by atoms with Crippen LogP contribution >= 0.6 is 0 Å². The summed E-state index contributed by atoms with van der Waals surface area (Å²) in [6.07, 6.45) is 3.85. The highest BCUT2D eigenvalue weighted by molar-refractivity contribution is 4.68. The van der Waals surface area contributed by atoms with Crippen molar-refractivity contribution in [1.82, 2.24) is 10.2 Å². The van der Waals surface area contributed by atoms with E-state index in [1.807, 2.05) is 0 Å². The lowest BCUT2D eigenvalue weighted by molar-refractivity contribution is 0.0253. The van der Waals surface area contributed by atoms with E-state index in [0.717, 1.165) is 71.8 Å². The summed E-state index contributed by atoms with van der Waals surface area (Å²) in [6, 6.07) is 0. The van der Waals surface area contributed by atoms with Crippen molar-refractivity contribution in [2.75, 3.05) is 66.8 Å². The maximum Gasteiger partial charge on any atom is 0.0599 e. The maximum absolute atomic E-state index is 5.91. The number of hydrogen-bond donors (Lipinski definition) is 1. The Morgan fingerprint density at radius 3 is 2.16 bits per heavy atom. The van der Waals surface area contributed by atoms with Crippen LogP contribution in [0.4, 0.5) is 0 Å². The van der Waals surface area contributed by atoms with Gasteiger partial charge in [-0.25, -0.2) is 0 Å². The van der Waals surface area contributed by atoms with Gasteiger partial charge in [0, 0.05) is 40.5 Å². The van der Waals surface area contributed by atoms with Crippen LogP contribution in [0.2, 0.25) is 0 Å². The normalized spacial score (nSPS) is 17.2. The zero-order valence-corrected chi connectivity index (χ0v) is 12.5. The Labute approximate surface area is 117 Å². The Kier molecular flexibility index (Phi) is 10.3. The molecule has 1 rings (SSSR count). The lowest BCUT2D eigenvalue weighted by atomic mass is 10.1. The van der Waals surface area contributed by atoms with E-state index in [1.54, 1.807) is 14.2 Å². The molecule has 0 aromatic rings. The number of nitrogens with zero attached hydrogens (tertiary/aromatic N) is 1. The van der Waals surface area contributed by atoms with Crippen LogP contribution in [0.25, 0.3) is 0 Å². The number of ether oxygens (including phenoxy) is 3. The van der Waals surface area contributed by atoms with Crippen LogP contribution in [-0.4, -0.2) is 77.8 Å². The number of rotatable bonds is 11. The van der Waals surface area contributed by atoms with Gasteiger partial charge in [-0.1, -0.05) is 0 Å². The molecular formula is C14H30N2O3. The number of nitrogens with one attached hydrogen (secondary N) is 1. The topological polar surface area (TPSA) is 43.0 Å². The van der Waals surface area contributed by atoms with Crippen molar-refractivity contribution in [1.29, 1.82) is 0 Å². The summed E-state index contributed by atoms with van der Waals surface area (Å²) in [4.78, 5) is 2.37. The minimum atomic E-state index is 0.465. The summed E-state index contributed by atoms with van der Waals surface area (Å²) in [5.41, 5.74) is 0. The minimum absolute atomic E-state index is 0.465. The van der Waals surface area contributed by atoms with Gasteiger partial charge >= 0.3 is 0 Å². The van der Waals surface area contributed by atoms with Gasteiger partial charge in [-0.2, -0.15) is 0 Å². The second kappa shape index (κ2) is 11.6. The molecule has 0 saturated carbocycles. The van der Waals surface area contributed by atoms with Crippen LogP contribution in [0.1, 0.15) is 19.3 Å². The van der Waals surface area contributed by atoms with E-state index in [0.29, 0.717) is 6.10 Å². The second-order valence-corrected chi connectivity index (χ2v) is 5.00.